The predicted octanol–water partition coefficient (Wildman–Crippen LogP) is 2.49. The number of hydrogen-bond donors (Lipinski definition) is 1. The van der Waals surface area contributed by atoms with Crippen molar-refractivity contribution in [2.24, 2.45) is 5.92 Å². The lowest BCUT2D eigenvalue weighted by Gasteiger charge is -2.32. The molecule has 1 atom stereocenters. The molecule has 136 valence electrons. The van der Waals surface area contributed by atoms with Gasteiger partial charge in [0.2, 0.25) is 11.9 Å². The zero-order chi connectivity index (χ0) is 18.2. The Hall–Kier alpha value is -2.32. The van der Waals surface area contributed by atoms with Gasteiger partial charge in [0.1, 0.15) is 0 Å². The van der Waals surface area contributed by atoms with Gasteiger partial charge in [-0.25, -0.2) is 0 Å². The van der Waals surface area contributed by atoms with Crippen molar-refractivity contribution in [2.75, 3.05) is 18.0 Å². The Kier molecular flexibility index (Phi) is 4.57. The fourth-order valence-corrected chi connectivity index (χ4v) is 3.04. The number of rotatable bonds is 3. The van der Waals surface area contributed by atoms with Crippen molar-refractivity contribution in [3.8, 4) is 0 Å². The van der Waals surface area contributed by atoms with Crippen molar-refractivity contribution in [1.82, 2.24) is 19.9 Å². The molecule has 2 aromatic rings. The zero-order valence-electron chi connectivity index (χ0n) is 14.0. The Morgan fingerprint density at radius 1 is 1.32 bits per heavy atom. The van der Waals surface area contributed by atoms with Crippen molar-refractivity contribution in [2.45, 2.75) is 38.9 Å². The van der Waals surface area contributed by atoms with E-state index in [9.17, 15) is 18.0 Å². The van der Waals surface area contributed by atoms with Crippen LogP contribution in [0.5, 0.6) is 0 Å². The van der Waals surface area contributed by atoms with E-state index >= 15 is 0 Å². The minimum Gasteiger partial charge on any atom is -0.354 e. The van der Waals surface area contributed by atoms with E-state index in [-0.39, 0.29) is 17.9 Å². The van der Waals surface area contributed by atoms with E-state index < -0.39 is 11.7 Å². The number of piperidine rings is 1. The van der Waals surface area contributed by atoms with E-state index in [1.54, 1.807) is 0 Å². The summed E-state index contributed by atoms with van der Waals surface area (Å²) < 4.78 is 40.2. The van der Waals surface area contributed by atoms with Crippen LogP contribution in [0, 0.1) is 5.92 Å². The van der Waals surface area contributed by atoms with Crippen molar-refractivity contribution >= 4 is 17.5 Å². The number of nitrogens with one attached hydrogen (secondary N) is 1. The van der Waals surface area contributed by atoms with Crippen molar-refractivity contribution in [1.29, 1.82) is 0 Å². The smallest absolute Gasteiger partial charge is 0.354 e. The molecule has 9 heteroatoms. The van der Waals surface area contributed by atoms with Crippen LogP contribution in [0.1, 0.15) is 32.3 Å². The first-order valence-electron chi connectivity index (χ1n) is 8.23. The van der Waals surface area contributed by atoms with Gasteiger partial charge < -0.3 is 10.2 Å². The minimum absolute atomic E-state index is 0.0375. The van der Waals surface area contributed by atoms with Crippen molar-refractivity contribution in [3.63, 3.8) is 0 Å². The number of halogens is 3. The summed E-state index contributed by atoms with van der Waals surface area (Å²) in [4.78, 5) is 14.1. The van der Waals surface area contributed by atoms with Crippen LogP contribution >= 0.6 is 0 Å². The minimum atomic E-state index is -4.43. The molecule has 1 fully saturated rings. The molecule has 1 N–H and O–H groups in total. The van der Waals surface area contributed by atoms with Crippen molar-refractivity contribution in [3.05, 3.63) is 23.9 Å². The first-order chi connectivity index (χ1) is 11.8. The normalized spacial score (nSPS) is 18.8. The SMILES string of the molecule is CC(C)NC(=O)C1CCCN(c2nnc3ccc(C(F)(F)F)cn23)C1. The number of hydrogen-bond acceptors (Lipinski definition) is 4. The maximum Gasteiger partial charge on any atom is 0.417 e. The first-order valence-corrected chi connectivity index (χ1v) is 8.23. The van der Waals surface area contributed by atoms with Crippen LogP contribution in [0.15, 0.2) is 18.3 Å². The largest absolute Gasteiger partial charge is 0.417 e. The van der Waals surface area contributed by atoms with E-state index in [4.69, 9.17) is 0 Å². The first kappa shape index (κ1) is 17.5. The molecule has 25 heavy (non-hydrogen) atoms. The molecular formula is C16H20F3N5O. The van der Waals surface area contributed by atoms with E-state index in [2.05, 4.69) is 15.5 Å². The Labute approximate surface area is 143 Å². The lowest BCUT2D eigenvalue weighted by atomic mass is 9.97. The molecule has 0 aliphatic carbocycles. The topological polar surface area (TPSA) is 62.5 Å². The molecule has 1 aliphatic heterocycles. The predicted molar refractivity (Wildman–Crippen MR) is 86.2 cm³/mol. The Morgan fingerprint density at radius 3 is 2.76 bits per heavy atom. The average molecular weight is 355 g/mol. The number of fused-ring (bicyclic) bond motifs is 1. The summed E-state index contributed by atoms with van der Waals surface area (Å²) in [5.74, 6) is 0.0851. The maximum absolute atomic E-state index is 13.0. The highest BCUT2D eigenvalue weighted by atomic mass is 19.4. The Morgan fingerprint density at radius 2 is 2.08 bits per heavy atom. The van der Waals surface area contributed by atoms with Crippen LogP contribution in [0.25, 0.3) is 5.65 Å². The molecule has 0 spiro atoms. The molecule has 3 heterocycles. The van der Waals surface area contributed by atoms with Crippen LogP contribution in [0.2, 0.25) is 0 Å². The fourth-order valence-electron chi connectivity index (χ4n) is 3.04. The third-order valence-corrected chi connectivity index (χ3v) is 4.22. The van der Waals surface area contributed by atoms with E-state index in [1.807, 2.05) is 18.7 Å². The summed E-state index contributed by atoms with van der Waals surface area (Å²) in [5.41, 5.74) is -0.413. The number of carbonyl (C=O) groups is 1. The molecular weight excluding hydrogens is 335 g/mol. The third-order valence-electron chi connectivity index (χ3n) is 4.22. The van der Waals surface area contributed by atoms with Crippen LogP contribution in [-0.4, -0.2) is 39.6 Å². The number of pyridine rings is 1. The quantitative estimate of drug-likeness (QED) is 0.919. The van der Waals surface area contributed by atoms with Gasteiger partial charge in [0, 0.05) is 25.3 Å². The summed E-state index contributed by atoms with van der Waals surface area (Å²) >= 11 is 0. The van der Waals surface area contributed by atoms with Gasteiger partial charge in [-0.1, -0.05) is 0 Å². The molecule has 0 aromatic carbocycles. The summed E-state index contributed by atoms with van der Waals surface area (Å²) in [5, 5.41) is 10.9. The highest BCUT2D eigenvalue weighted by Gasteiger charge is 2.32. The van der Waals surface area contributed by atoms with Gasteiger partial charge in [-0.3, -0.25) is 9.20 Å². The molecule has 0 saturated carbocycles. The number of nitrogens with zero attached hydrogens (tertiary/aromatic N) is 4. The monoisotopic (exact) mass is 355 g/mol. The number of amides is 1. The maximum atomic E-state index is 13.0. The summed E-state index contributed by atoms with van der Waals surface area (Å²) in [6.07, 6.45) is -1.91. The second-order valence-electron chi connectivity index (χ2n) is 6.59. The molecule has 1 unspecified atom stereocenters. The molecule has 6 nitrogen and oxygen atoms in total. The zero-order valence-corrected chi connectivity index (χ0v) is 14.0. The van der Waals surface area contributed by atoms with Crippen LogP contribution in [-0.2, 0) is 11.0 Å². The summed E-state index contributed by atoms with van der Waals surface area (Å²) in [6, 6.07) is 2.33. The molecule has 3 rings (SSSR count). The van der Waals surface area contributed by atoms with Gasteiger partial charge in [-0.15, -0.1) is 10.2 Å². The molecule has 0 radical (unpaired) electrons. The number of aromatic nitrogens is 3. The van der Waals surface area contributed by atoms with Gasteiger partial charge in [0.05, 0.1) is 11.5 Å². The lowest BCUT2D eigenvalue weighted by molar-refractivity contribution is -0.137. The third kappa shape index (κ3) is 3.69. The van der Waals surface area contributed by atoms with Gasteiger partial charge in [0.25, 0.3) is 0 Å². The molecule has 0 bridgehead atoms. The van der Waals surface area contributed by atoms with Crippen LogP contribution < -0.4 is 10.2 Å². The Bertz CT molecular complexity index is 771. The van der Waals surface area contributed by atoms with Gasteiger partial charge in [0.15, 0.2) is 5.65 Å². The number of carbonyl (C=O) groups excluding carboxylic acids is 1. The second kappa shape index (κ2) is 6.53. The van der Waals surface area contributed by atoms with Gasteiger partial charge >= 0.3 is 6.18 Å². The average Bonchev–Trinajstić information content (AvgIpc) is 2.96. The standard InChI is InChI=1S/C16H20F3N5O/c1-10(2)20-14(25)11-4-3-7-23(8-11)15-22-21-13-6-5-12(9-24(13)15)16(17,18)19/h5-6,9-11H,3-4,7-8H2,1-2H3,(H,20,25). The van der Waals surface area contributed by atoms with Gasteiger partial charge in [-0.2, -0.15) is 13.2 Å². The number of alkyl halides is 3. The highest BCUT2D eigenvalue weighted by Crippen LogP contribution is 2.30. The summed E-state index contributed by atoms with van der Waals surface area (Å²) in [7, 11) is 0. The molecule has 1 aliphatic rings. The van der Waals surface area contributed by atoms with Crippen LogP contribution in [0.4, 0.5) is 19.1 Å². The lowest BCUT2D eigenvalue weighted by Crippen LogP contribution is -2.45. The second-order valence-corrected chi connectivity index (χ2v) is 6.59. The van der Waals surface area contributed by atoms with Gasteiger partial charge in [-0.05, 0) is 38.8 Å². The molecule has 1 saturated heterocycles. The molecule has 2 aromatic heterocycles. The van der Waals surface area contributed by atoms with E-state index in [0.717, 1.165) is 25.1 Å². The fraction of sp³-hybridized carbons (Fsp3) is 0.562. The summed E-state index contributed by atoms with van der Waals surface area (Å²) in [6.45, 7) is 4.82. The van der Waals surface area contributed by atoms with E-state index in [0.29, 0.717) is 24.7 Å². The Balaban J connectivity index is 1.87. The van der Waals surface area contributed by atoms with Crippen LogP contribution in [0.3, 0.4) is 0 Å². The van der Waals surface area contributed by atoms with Crippen molar-refractivity contribution < 1.29 is 18.0 Å². The molecule has 1 amide bonds. The highest BCUT2D eigenvalue weighted by molar-refractivity contribution is 5.79. The van der Waals surface area contributed by atoms with E-state index in [1.165, 1.54) is 10.5 Å². The number of anilines is 1.